The number of hydrogen-bond donors (Lipinski definition) is 1. The molecule has 1 N–H and O–H groups in total. The Morgan fingerprint density at radius 2 is 2.05 bits per heavy atom. The van der Waals surface area contributed by atoms with Crippen LogP contribution < -0.4 is 5.43 Å². The fourth-order valence-electron chi connectivity index (χ4n) is 3.48. The van der Waals surface area contributed by atoms with Crippen LogP contribution in [0.25, 0.3) is 0 Å². The molecule has 2 aliphatic carbocycles. The molecular weight excluding hydrogens is 250 g/mol. The van der Waals surface area contributed by atoms with Crippen molar-refractivity contribution in [2.45, 2.75) is 44.9 Å². The van der Waals surface area contributed by atoms with Crippen LogP contribution in [0.15, 0.2) is 29.5 Å². The van der Waals surface area contributed by atoms with Gasteiger partial charge in [-0.05, 0) is 49.7 Å². The molecule has 0 radical (unpaired) electrons. The summed E-state index contributed by atoms with van der Waals surface area (Å²) in [6.45, 7) is 0. The Balaban J connectivity index is 1.58. The molecule has 2 saturated carbocycles. The van der Waals surface area contributed by atoms with E-state index >= 15 is 0 Å². The van der Waals surface area contributed by atoms with E-state index in [0.29, 0.717) is 5.69 Å². The highest BCUT2D eigenvalue weighted by molar-refractivity contribution is 5.94. The third-order valence-corrected chi connectivity index (χ3v) is 4.58. The minimum Gasteiger partial charge on any atom is -0.266 e. The van der Waals surface area contributed by atoms with Crippen molar-refractivity contribution in [3.05, 3.63) is 30.1 Å². The maximum atomic E-state index is 11.9. The van der Waals surface area contributed by atoms with Crippen molar-refractivity contribution in [1.82, 2.24) is 10.4 Å². The normalized spacial score (nSPS) is 27.9. The molecule has 2 atom stereocenters. The summed E-state index contributed by atoms with van der Waals surface area (Å²) < 4.78 is 0. The van der Waals surface area contributed by atoms with Crippen molar-refractivity contribution in [2.75, 3.05) is 0 Å². The van der Waals surface area contributed by atoms with E-state index in [0.717, 1.165) is 30.4 Å². The summed E-state index contributed by atoms with van der Waals surface area (Å²) in [7, 11) is 0. The van der Waals surface area contributed by atoms with Crippen LogP contribution in [-0.2, 0) is 0 Å². The summed E-state index contributed by atoms with van der Waals surface area (Å²) in [5, 5.41) is 4.33. The monoisotopic (exact) mass is 271 g/mol. The third kappa shape index (κ3) is 3.06. The van der Waals surface area contributed by atoms with Gasteiger partial charge in [0, 0.05) is 11.9 Å². The predicted octanol–water partition coefficient (Wildman–Crippen LogP) is 3.16. The maximum absolute atomic E-state index is 11.9. The predicted molar refractivity (Wildman–Crippen MR) is 78.4 cm³/mol. The molecule has 1 aromatic heterocycles. The van der Waals surface area contributed by atoms with Gasteiger partial charge in [0.05, 0.1) is 0 Å². The van der Waals surface area contributed by atoms with Crippen LogP contribution in [0.4, 0.5) is 0 Å². The number of amides is 1. The summed E-state index contributed by atoms with van der Waals surface area (Å²) in [5.41, 5.74) is 4.22. The van der Waals surface area contributed by atoms with Crippen LogP contribution in [0.2, 0.25) is 0 Å². The standard InChI is InChI=1S/C16H21N3O/c20-16(15-7-3-4-10-17-15)19-18-14-9-8-12-5-1-2-6-13(12)11-14/h3-4,7,10,12-13H,1-2,5-6,8-9,11H2,(H,19,20)/b18-14-/t12-,13+/m1/s1. The van der Waals surface area contributed by atoms with Gasteiger partial charge in [0.1, 0.15) is 5.69 Å². The minimum absolute atomic E-state index is 0.219. The van der Waals surface area contributed by atoms with Crippen LogP contribution in [0.1, 0.15) is 55.4 Å². The number of nitrogens with zero attached hydrogens (tertiary/aromatic N) is 2. The van der Waals surface area contributed by atoms with Crippen molar-refractivity contribution in [3.63, 3.8) is 0 Å². The molecule has 4 nitrogen and oxygen atoms in total. The molecule has 0 aliphatic heterocycles. The number of carbonyl (C=O) groups excluding carboxylic acids is 1. The van der Waals surface area contributed by atoms with E-state index in [1.165, 1.54) is 32.1 Å². The van der Waals surface area contributed by atoms with Gasteiger partial charge in [0.15, 0.2) is 0 Å². The SMILES string of the molecule is O=C(N/N=C1/CC[C@H]2CCCC[C@H]2C1)c1ccccn1. The van der Waals surface area contributed by atoms with E-state index in [4.69, 9.17) is 0 Å². The van der Waals surface area contributed by atoms with E-state index in [1.54, 1.807) is 18.3 Å². The molecule has 1 aromatic rings. The lowest BCUT2D eigenvalue weighted by Gasteiger charge is -2.35. The molecule has 1 heterocycles. The van der Waals surface area contributed by atoms with Crippen molar-refractivity contribution >= 4 is 11.6 Å². The van der Waals surface area contributed by atoms with Crippen molar-refractivity contribution in [3.8, 4) is 0 Å². The van der Waals surface area contributed by atoms with Gasteiger partial charge in [-0.2, -0.15) is 5.10 Å². The zero-order chi connectivity index (χ0) is 13.8. The molecule has 0 spiro atoms. The van der Waals surface area contributed by atoms with E-state index < -0.39 is 0 Å². The number of aromatic nitrogens is 1. The minimum atomic E-state index is -0.219. The first-order valence-corrected chi connectivity index (χ1v) is 7.60. The van der Waals surface area contributed by atoms with Crippen molar-refractivity contribution in [2.24, 2.45) is 16.9 Å². The molecule has 106 valence electrons. The van der Waals surface area contributed by atoms with E-state index in [-0.39, 0.29) is 5.91 Å². The topological polar surface area (TPSA) is 54.4 Å². The van der Waals surface area contributed by atoms with Crippen LogP contribution in [0, 0.1) is 11.8 Å². The first kappa shape index (κ1) is 13.3. The highest BCUT2D eigenvalue weighted by Crippen LogP contribution is 2.39. The number of nitrogens with one attached hydrogen (secondary N) is 1. The Kier molecular flexibility index (Phi) is 4.09. The van der Waals surface area contributed by atoms with Crippen LogP contribution in [0.5, 0.6) is 0 Å². The number of hydrogen-bond acceptors (Lipinski definition) is 3. The van der Waals surface area contributed by atoms with Crippen molar-refractivity contribution in [1.29, 1.82) is 0 Å². The Morgan fingerprint density at radius 1 is 1.20 bits per heavy atom. The van der Waals surface area contributed by atoms with E-state index in [1.807, 2.05) is 6.07 Å². The van der Waals surface area contributed by atoms with Gasteiger partial charge in [-0.3, -0.25) is 9.78 Å². The third-order valence-electron chi connectivity index (χ3n) is 4.58. The lowest BCUT2D eigenvalue weighted by atomic mass is 9.70. The van der Waals surface area contributed by atoms with Crippen LogP contribution >= 0.6 is 0 Å². The average molecular weight is 271 g/mol. The van der Waals surface area contributed by atoms with Gasteiger partial charge in [0.2, 0.25) is 0 Å². The molecule has 3 rings (SSSR count). The second kappa shape index (κ2) is 6.16. The highest BCUT2D eigenvalue weighted by Gasteiger charge is 2.30. The fourth-order valence-corrected chi connectivity index (χ4v) is 3.48. The molecule has 1 amide bonds. The van der Waals surface area contributed by atoms with Gasteiger partial charge in [-0.25, -0.2) is 5.43 Å². The lowest BCUT2D eigenvalue weighted by molar-refractivity contribution is 0.0949. The molecule has 0 bridgehead atoms. The Morgan fingerprint density at radius 3 is 2.85 bits per heavy atom. The average Bonchev–Trinajstić information content (AvgIpc) is 2.53. The quantitative estimate of drug-likeness (QED) is 0.840. The number of hydrazone groups is 1. The van der Waals surface area contributed by atoms with Gasteiger partial charge < -0.3 is 0 Å². The molecule has 2 aliphatic rings. The number of fused-ring (bicyclic) bond motifs is 1. The second-order valence-corrected chi connectivity index (χ2v) is 5.88. The largest absolute Gasteiger partial charge is 0.289 e. The Bertz CT molecular complexity index is 498. The summed E-state index contributed by atoms with van der Waals surface area (Å²) >= 11 is 0. The van der Waals surface area contributed by atoms with Gasteiger partial charge in [-0.15, -0.1) is 0 Å². The first-order chi connectivity index (χ1) is 9.83. The second-order valence-electron chi connectivity index (χ2n) is 5.88. The van der Waals surface area contributed by atoms with Gasteiger partial charge >= 0.3 is 0 Å². The fraction of sp³-hybridized carbons (Fsp3) is 0.562. The number of carbonyl (C=O) groups is 1. The van der Waals surface area contributed by atoms with E-state index in [9.17, 15) is 4.79 Å². The van der Waals surface area contributed by atoms with Gasteiger partial charge in [0.25, 0.3) is 5.91 Å². The smallest absolute Gasteiger partial charge is 0.266 e. The summed E-state index contributed by atoms with van der Waals surface area (Å²) in [6, 6.07) is 5.31. The lowest BCUT2D eigenvalue weighted by Crippen LogP contribution is -2.29. The molecular formula is C16H21N3O. The zero-order valence-corrected chi connectivity index (χ0v) is 11.7. The van der Waals surface area contributed by atoms with Crippen molar-refractivity contribution < 1.29 is 4.79 Å². The summed E-state index contributed by atoms with van der Waals surface area (Å²) in [5.74, 6) is 1.47. The number of rotatable bonds is 2. The number of pyridine rings is 1. The first-order valence-electron chi connectivity index (χ1n) is 7.60. The summed E-state index contributed by atoms with van der Waals surface area (Å²) in [6.07, 6.45) is 10.4. The van der Waals surface area contributed by atoms with Crippen LogP contribution in [0.3, 0.4) is 0 Å². The highest BCUT2D eigenvalue weighted by atomic mass is 16.2. The molecule has 0 unspecified atom stereocenters. The molecule has 0 aromatic carbocycles. The summed E-state index contributed by atoms with van der Waals surface area (Å²) in [4.78, 5) is 15.9. The molecule has 2 fully saturated rings. The zero-order valence-electron chi connectivity index (χ0n) is 11.7. The van der Waals surface area contributed by atoms with E-state index in [2.05, 4.69) is 15.5 Å². The molecule has 20 heavy (non-hydrogen) atoms. The molecule has 4 heteroatoms. The Hall–Kier alpha value is -1.71. The van der Waals surface area contributed by atoms with Gasteiger partial charge in [-0.1, -0.05) is 25.3 Å². The Labute approximate surface area is 119 Å². The van der Waals surface area contributed by atoms with Crippen LogP contribution in [-0.4, -0.2) is 16.6 Å². The molecule has 0 saturated heterocycles. The maximum Gasteiger partial charge on any atom is 0.289 e.